The Hall–Kier alpha value is -1.48. The van der Waals surface area contributed by atoms with E-state index < -0.39 is 40.0 Å². The molecular weight excluding hydrogens is 635 g/mol. The number of allylic oxidation sites excluding steroid dienone is 5. The van der Waals surface area contributed by atoms with Crippen LogP contribution in [0.2, 0.25) is 0 Å². The normalized spacial score (nSPS) is 14.3. The van der Waals surface area contributed by atoms with Gasteiger partial charge in [-0.3, -0.25) is 9.35 Å². The van der Waals surface area contributed by atoms with Gasteiger partial charge in [-0.15, -0.1) is 0 Å². The highest BCUT2D eigenvalue weighted by atomic mass is 32.2. The van der Waals surface area contributed by atoms with Crippen LogP contribution in [0, 0.1) is 0 Å². The largest absolute Gasteiger partial charge is 0.387 e. The van der Waals surface area contributed by atoms with Crippen LogP contribution in [-0.2, 0) is 14.9 Å². The van der Waals surface area contributed by atoms with Crippen LogP contribution >= 0.6 is 0 Å². The molecule has 0 bridgehead atoms. The first-order chi connectivity index (χ1) is 23.7. The van der Waals surface area contributed by atoms with Gasteiger partial charge in [0.1, 0.15) is 6.10 Å². The second-order valence-electron chi connectivity index (χ2n) is 14.0. The van der Waals surface area contributed by atoms with Crippen LogP contribution in [0.4, 0.5) is 0 Å². The monoisotopic (exact) mass is 712 g/mol. The number of hydrogen-bond acceptors (Lipinski definition) is 5. The summed E-state index contributed by atoms with van der Waals surface area (Å²) < 4.78 is 32.5. The lowest BCUT2D eigenvalue weighted by Gasteiger charge is -2.22. The Balaban J connectivity index is 4.11. The summed E-state index contributed by atoms with van der Waals surface area (Å²) in [4.78, 5) is 12.6. The molecule has 0 aromatic carbocycles. The molecule has 0 saturated carbocycles. The van der Waals surface area contributed by atoms with Gasteiger partial charge in [-0.2, -0.15) is 8.42 Å². The molecule has 49 heavy (non-hydrogen) atoms. The van der Waals surface area contributed by atoms with Crippen LogP contribution in [0.25, 0.3) is 0 Å². The number of hydrogen-bond donors (Lipinski definition) is 4. The van der Waals surface area contributed by atoms with Gasteiger partial charge in [-0.05, 0) is 44.9 Å². The molecule has 0 spiro atoms. The third kappa shape index (κ3) is 34.7. The van der Waals surface area contributed by atoms with Crippen LogP contribution in [-0.4, -0.2) is 53.1 Å². The SMILES string of the molecule is CCCCCCCC/C=C/CC/C=C/CC/C=C/C(O)C(CS(=O)(=O)O)NC(=O)C(O)CCCCCCCCCCCCCCCCCC. The van der Waals surface area contributed by atoms with Crippen molar-refractivity contribution in [3.63, 3.8) is 0 Å². The summed E-state index contributed by atoms with van der Waals surface area (Å²) in [5.41, 5.74) is 0. The fourth-order valence-electron chi connectivity index (χ4n) is 6.02. The van der Waals surface area contributed by atoms with Crippen molar-refractivity contribution in [1.82, 2.24) is 5.32 Å². The maximum atomic E-state index is 12.6. The molecule has 0 aliphatic heterocycles. The topological polar surface area (TPSA) is 124 Å². The molecule has 0 heterocycles. The molecule has 0 rings (SSSR count). The van der Waals surface area contributed by atoms with Gasteiger partial charge in [0.05, 0.1) is 17.9 Å². The number of nitrogens with one attached hydrogen (secondary N) is 1. The first-order valence-corrected chi connectivity index (χ1v) is 21.9. The van der Waals surface area contributed by atoms with Crippen LogP contribution in [0.5, 0.6) is 0 Å². The Bertz CT molecular complexity index is 932. The molecular formula is C41H77NO6S. The van der Waals surface area contributed by atoms with Gasteiger partial charge in [0.25, 0.3) is 10.1 Å². The van der Waals surface area contributed by atoms with Gasteiger partial charge in [0.15, 0.2) is 0 Å². The van der Waals surface area contributed by atoms with Crippen LogP contribution < -0.4 is 5.32 Å². The summed E-state index contributed by atoms with van der Waals surface area (Å²) in [6, 6.07) is -1.25. The van der Waals surface area contributed by atoms with Gasteiger partial charge in [0.2, 0.25) is 5.91 Å². The third-order valence-corrected chi connectivity index (χ3v) is 9.94. The molecule has 0 radical (unpaired) electrons. The van der Waals surface area contributed by atoms with E-state index in [2.05, 4.69) is 43.5 Å². The van der Waals surface area contributed by atoms with E-state index in [-0.39, 0.29) is 6.42 Å². The summed E-state index contributed by atoms with van der Waals surface area (Å²) >= 11 is 0. The minimum absolute atomic E-state index is 0.274. The van der Waals surface area contributed by atoms with Crippen LogP contribution in [0.1, 0.15) is 194 Å². The lowest BCUT2D eigenvalue weighted by molar-refractivity contribution is -0.130. The highest BCUT2D eigenvalue weighted by molar-refractivity contribution is 7.85. The van der Waals surface area contributed by atoms with Crippen LogP contribution in [0.15, 0.2) is 36.5 Å². The molecule has 4 N–H and O–H groups in total. The zero-order chi connectivity index (χ0) is 36.3. The zero-order valence-electron chi connectivity index (χ0n) is 31.7. The minimum atomic E-state index is -4.45. The smallest absolute Gasteiger partial charge is 0.267 e. The molecule has 0 aromatic heterocycles. The Kier molecular flexibility index (Phi) is 33.9. The number of unbranched alkanes of at least 4 members (excludes halogenated alkanes) is 23. The predicted octanol–water partition coefficient (Wildman–Crippen LogP) is 10.7. The highest BCUT2D eigenvalue weighted by Crippen LogP contribution is 2.15. The van der Waals surface area contributed by atoms with Gasteiger partial charge in [-0.25, -0.2) is 0 Å². The number of amides is 1. The molecule has 3 unspecified atom stereocenters. The van der Waals surface area contributed by atoms with Gasteiger partial charge in [0, 0.05) is 0 Å². The molecule has 0 aliphatic carbocycles. The Morgan fingerprint density at radius 1 is 0.551 bits per heavy atom. The molecule has 7 nitrogen and oxygen atoms in total. The molecule has 1 amide bonds. The summed E-state index contributed by atoms with van der Waals surface area (Å²) in [7, 11) is -4.45. The number of aliphatic hydroxyl groups is 2. The van der Waals surface area contributed by atoms with Crippen molar-refractivity contribution < 1.29 is 28.0 Å². The second-order valence-corrected chi connectivity index (χ2v) is 15.5. The number of carbonyl (C=O) groups is 1. The number of aliphatic hydroxyl groups excluding tert-OH is 2. The number of carbonyl (C=O) groups excluding carboxylic acids is 1. The summed E-state index contributed by atoms with van der Waals surface area (Å²) in [6.45, 7) is 4.50. The average Bonchev–Trinajstić information content (AvgIpc) is 3.06. The van der Waals surface area contributed by atoms with E-state index in [9.17, 15) is 28.0 Å². The van der Waals surface area contributed by atoms with Crippen molar-refractivity contribution >= 4 is 16.0 Å². The van der Waals surface area contributed by atoms with Crippen LogP contribution in [0.3, 0.4) is 0 Å². The summed E-state index contributed by atoms with van der Waals surface area (Å²) in [5.74, 6) is -1.56. The zero-order valence-corrected chi connectivity index (χ0v) is 32.5. The van der Waals surface area contributed by atoms with Crippen molar-refractivity contribution in [2.24, 2.45) is 0 Å². The maximum Gasteiger partial charge on any atom is 0.267 e. The first kappa shape index (κ1) is 47.5. The lowest BCUT2D eigenvalue weighted by Crippen LogP contribution is -2.50. The van der Waals surface area contributed by atoms with E-state index >= 15 is 0 Å². The Morgan fingerprint density at radius 2 is 0.918 bits per heavy atom. The van der Waals surface area contributed by atoms with Crippen molar-refractivity contribution in [2.75, 3.05) is 5.75 Å². The Labute approximate surface area is 302 Å². The fourth-order valence-corrected chi connectivity index (χ4v) is 6.75. The van der Waals surface area contributed by atoms with E-state index in [1.807, 2.05) is 0 Å². The van der Waals surface area contributed by atoms with Crippen molar-refractivity contribution in [1.29, 1.82) is 0 Å². The highest BCUT2D eigenvalue weighted by Gasteiger charge is 2.27. The quantitative estimate of drug-likeness (QED) is 0.0291. The van der Waals surface area contributed by atoms with Gasteiger partial charge in [-0.1, -0.05) is 185 Å². The second kappa shape index (κ2) is 34.9. The van der Waals surface area contributed by atoms with Gasteiger partial charge >= 0.3 is 0 Å². The van der Waals surface area contributed by atoms with Crippen molar-refractivity contribution in [3.05, 3.63) is 36.5 Å². The standard InChI is InChI=1S/C41H77NO6S/c1-3-5-7-9-11-13-15-17-19-21-23-25-27-29-31-33-35-39(43)38(37-49(46,47)48)42-41(45)40(44)36-34-32-30-28-26-24-22-20-18-16-14-12-10-8-6-4-2/h17,19,25,27,33,35,38-40,43-44H,3-16,18,20-24,26,28-32,34,36-37H2,1-2H3,(H,42,45)(H,46,47,48)/b19-17+,27-25+,35-33+. The third-order valence-electron chi connectivity index (χ3n) is 9.15. The van der Waals surface area contributed by atoms with Crippen molar-refractivity contribution in [2.45, 2.75) is 212 Å². The molecule has 288 valence electrons. The summed E-state index contributed by atoms with van der Waals surface area (Å²) in [6.07, 6.45) is 42.0. The first-order valence-electron chi connectivity index (χ1n) is 20.3. The fraction of sp³-hybridized carbons (Fsp3) is 0.829. The molecule has 0 aromatic rings. The van der Waals surface area contributed by atoms with E-state index in [1.54, 1.807) is 6.08 Å². The lowest BCUT2D eigenvalue weighted by atomic mass is 10.0. The van der Waals surface area contributed by atoms with Crippen molar-refractivity contribution in [3.8, 4) is 0 Å². The van der Waals surface area contributed by atoms with E-state index in [4.69, 9.17) is 0 Å². The average molecular weight is 712 g/mol. The molecule has 3 atom stereocenters. The molecule has 0 aliphatic rings. The van der Waals surface area contributed by atoms with E-state index in [0.717, 1.165) is 44.9 Å². The minimum Gasteiger partial charge on any atom is -0.387 e. The molecule has 0 saturated heterocycles. The Morgan fingerprint density at radius 3 is 1.35 bits per heavy atom. The molecule has 0 fully saturated rings. The van der Waals surface area contributed by atoms with E-state index in [0.29, 0.717) is 12.8 Å². The molecule has 8 heteroatoms. The van der Waals surface area contributed by atoms with E-state index in [1.165, 1.54) is 122 Å². The number of rotatable bonds is 36. The predicted molar refractivity (Wildman–Crippen MR) is 208 cm³/mol. The summed E-state index contributed by atoms with van der Waals surface area (Å²) in [5, 5.41) is 23.3. The van der Waals surface area contributed by atoms with Gasteiger partial charge < -0.3 is 15.5 Å². The maximum absolute atomic E-state index is 12.6.